The average molecular weight is 337 g/mol. The van der Waals surface area contributed by atoms with Crippen LogP contribution in [-0.2, 0) is 10.0 Å². The molecule has 0 aromatic heterocycles. The SMILES string of the molecule is CCOc1cccc(S(=O)(=O)NCC(N)(CC)CC)c1.Cl. The Morgan fingerprint density at radius 3 is 2.38 bits per heavy atom. The van der Waals surface area contributed by atoms with Gasteiger partial charge in [0.15, 0.2) is 0 Å². The van der Waals surface area contributed by atoms with Crippen LogP contribution in [-0.4, -0.2) is 27.1 Å². The van der Waals surface area contributed by atoms with Crippen molar-refractivity contribution in [1.82, 2.24) is 4.72 Å². The lowest BCUT2D eigenvalue weighted by molar-refractivity contribution is 0.339. The van der Waals surface area contributed by atoms with E-state index in [0.717, 1.165) is 0 Å². The van der Waals surface area contributed by atoms with E-state index < -0.39 is 15.6 Å². The zero-order chi connectivity index (χ0) is 15.2. The Hall–Kier alpha value is -0.820. The Balaban J connectivity index is 0.00000400. The van der Waals surface area contributed by atoms with Crippen molar-refractivity contribution in [1.29, 1.82) is 0 Å². The molecule has 0 unspecified atom stereocenters. The van der Waals surface area contributed by atoms with Gasteiger partial charge in [0.05, 0.1) is 11.5 Å². The highest BCUT2D eigenvalue weighted by molar-refractivity contribution is 7.89. The molecule has 3 N–H and O–H groups in total. The Morgan fingerprint density at radius 1 is 1.24 bits per heavy atom. The molecule has 7 heteroatoms. The van der Waals surface area contributed by atoms with Crippen molar-refractivity contribution in [3.8, 4) is 5.75 Å². The molecule has 0 aliphatic heterocycles. The summed E-state index contributed by atoms with van der Waals surface area (Å²) < 4.78 is 32.4. The molecular formula is C14H25ClN2O3S. The van der Waals surface area contributed by atoms with Crippen molar-refractivity contribution in [2.24, 2.45) is 5.73 Å². The molecule has 122 valence electrons. The topological polar surface area (TPSA) is 81.4 Å². The Labute approximate surface area is 133 Å². The molecule has 0 saturated carbocycles. The van der Waals surface area contributed by atoms with E-state index in [1.165, 1.54) is 6.07 Å². The highest BCUT2D eigenvalue weighted by Gasteiger charge is 2.24. The molecule has 0 bridgehead atoms. The summed E-state index contributed by atoms with van der Waals surface area (Å²) in [6.45, 7) is 6.47. The van der Waals surface area contributed by atoms with Gasteiger partial charge in [0.25, 0.3) is 0 Å². The van der Waals surface area contributed by atoms with Crippen LogP contribution in [0.4, 0.5) is 0 Å². The second-order valence-corrected chi connectivity index (χ2v) is 6.57. The standard InChI is InChI=1S/C14H24N2O3S.ClH/c1-4-14(15,5-2)11-16-20(17,18)13-9-7-8-12(10-13)19-6-3;/h7-10,16H,4-6,11,15H2,1-3H3;1H. The molecule has 1 aromatic carbocycles. The first-order chi connectivity index (χ1) is 9.37. The maximum Gasteiger partial charge on any atom is 0.240 e. The van der Waals surface area contributed by atoms with Crippen molar-refractivity contribution in [3.63, 3.8) is 0 Å². The largest absolute Gasteiger partial charge is 0.494 e. The highest BCUT2D eigenvalue weighted by atomic mass is 35.5. The Bertz CT molecular complexity index is 531. The Kier molecular flexibility index (Phi) is 8.25. The van der Waals surface area contributed by atoms with E-state index in [4.69, 9.17) is 10.5 Å². The van der Waals surface area contributed by atoms with E-state index in [0.29, 0.717) is 25.2 Å². The normalized spacial score (nSPS) is 11.8. The molecule has 5 nitrogen and oxygen atoms in total. The van der Waals surface area contributed by atoms with Crippen LogP contribution in [0.25, 0.3) is 0 Å². The van der Waals surface area contributed by atoms with Gasteiger partial charge in [0.1, 0.15) is 5.75 Å². The zero-order valence-corrected chi connectivity index (χ0v) is 14.4. The molecule has 0 amide bonds. The first-order valence-corrected chi connectivity index (χ1v) is 8.36. The highest BCUT2D eigenvalue weighted by Crippen LogP contribution is 2.18. The van der Waals surface area contributed by atoms with Gasteiger partial charge in [-0.05, 0) is 31.9 Å². The molecule has 0 radical (unpaired) electrons. The third-order valence-corrected chi connectivity index (χ3v) is 4.85. The summed E-state index contributed by atoms with van der Waals surface area (Å²) in [5.41, 5.74) is 5.60. The number of benzene rings is 1. The maximum absolute atomic E-state index is 12.2. The van der Waals surface area contributed by atoms with E-state index in [-0.39, 0.29) is 23.8 Å². The molecule has 21 heavy (non-hydrogen) atoms. The molecule has 0 aliphatic carbocycles. The van der Waals surface area contributed by atoms with Gasteiger partial charge in [0.2, 0.25) is 10.0 Å². The second kappa shape index (κ2) is 8.58. The monoisotopic (exact) mass is 336 g/mol. The zero-order valence-electron chi connectivity index (χ0n) is 12.8. The van der Waals surface area contributed by atoms with Crippen LogP contribution in [0.3, 0.4) is 0 Å². The molecule has 0 fully saturated rings. The molecule has 1 rings (SSSR count). The Morgan fingerprint density at radius 2 is 1.86 bits per heavy atom. The van der Waals surface area contributed by atoms with Crippen LogP contribution in [0.15, 0.2) is 29.2 Å². The molecule has 0 saturated heterocycles. The number of rotatable bonds is 8. The van der Waals surface area contributed by atoms with Crippen LogP contribution in [0, 0.1) is 0 Å². The lowest BCUT2D eigenvalue weighted by Crippen LogP contribution is -2.49. The van der Waals surface area contributed by atoms with Crippen molar-refractivity contribution < 1.29 is 13.2 Å². The summed E-state index contributed by atoms with van der Waals surface area (Å²) in [6, 6.07) is 6.45. The van der Waals surface area contributed by atoms with E-state index >= 15 is 0 Å². The fourth-order valence-electron chi connectivity index (χ4n) is 1.72. The van der Waals surface area contributed by atoms with E-state index in [9.17, 15) is 8.42 Å². The third-order valence-electron chi connectivity index (χ3n) is 3.45. The van der Waals surface area contributed by atoms with Gasteiger partial charge in [-0.1, -0.05) is 19.9 Å². The molecule has 0 heterocycles. The van der Waals surface area contributed by atoms with Gasteiger partial charge in [0, 0.05) is 18.2 Å². The minimum Gasteiger partial charge on any atom is -0.494 e. The number of ether oxygens (including phenoxy) is 1. The second-order valence-electron chi connectivity index (χ2n) is 4.80. The first-order valence-electron chi connectivity index (χ1n) is 6.88. The van der Waals surface area contributed by atoms with Crippen LogP contribution < -0.4 is 15.2 Å². The van der Waals surface area contributed by atoms with Gasteiger partial charge in [-0.3, -0.25) is 0 Å². The summed E-state index contributed by atoms with van der Waals surface area (Å²) >= 11 is 0. The van der Waals surface area contributed by atoms with Crippen LogP contribution in [0.1, 0.15) is 33.6 Å². The van der Waals surface area contributed by atoms with Crippen LogP contribution in [0.2, 0.25) is 0 Å². The van der Waals surface area contributed by atoms with E-state index in [2.05, 4.69) is 4.72 Å². The van der Waals surface area contributed by atoms with Gasteiger partial charge in [-0.25, -0.2) is 13.1 Å². The van der Waals surface area contributed by atoms with Crippen molar-refractivity contribution in [3.05, 3.63) is 24.3 Å². The molecule has 1 aromatic rings. The van der Waals surface area contributed by atoms with Crippen LogP contribution in [0.5, 0.6) is 5.75 Å². The number of hydrogen-bond donors (Lipinski definition) is 2. The first kappa shape index (κ1) is 20.2. The van der Waals surface area contributed by atoms with Crippen molar-refractivity contribution >= 4 is 22.4 Å². The summed E-state index contributed by atoms with van der Waals surface area (Å²) in [4.78, 5) is 0.193. The third kappa shape index (κ3) is 5.82. The summed E-state index contributed by atoms with van der Waals surface area (Å²) in [5.74, 6) is 0.542. The fraction of sp³-hybridized carbons (Fsp3) is 0.571. The lowest BCUT2D eigenvalue weighted by atomic mass is 9.95. The van der Waals surface area contributed by atoms with Crippen molar-refractivity contribution in [2.45, 2.75) is 44.0 Å². The predicted octanol–water partition coefficient (Wildman–Crippen LogP) is 2.30. The van der Waals surface area contributed by atoms with Gasteiger partial charge >= 0.3 is 0 Å². The minimum atomic E-state index is -3.56. The van der Waals surface area contributed by atoms with E-state index in [1.807, 2.05) is 20.8 Å². The number of sulfonamides is 1. The van der Waals surface area contributed by atoms with Crippen molar-refractivity contribution in [2.75, 3.05) is 13.2 Å². The number of hydrogen-bond acceptors (Lipinski definition) is 4. The predicted molar refractivity (Wildman–Crippen MR) is 87.5 cm³/mol. The number of nitrogens with two attached hydrogens (primary N) is 1. The quantitative estimate of drug-likeness (QED) is 0.763. The van der Waals surface area contributed by atoms with Crippen LogP contribution >= 0.6 is 12.4 Å². The van der Waals surface area contributed by atoms with Gasteiger partial charge in [-0.15, -0.1) is 12.4 Å². The molecule has 0 aliphatic rings. The van der Waals surface area contributed by atoms with Gasteiger partial charge < -0.3 is 10.5 Å². The summed E-state index contributed by atoms with van der Waals surface area (Å²) in [7, 11) is -3.56. The average Bonchev–Trinajstić information content (AvgIpc) is 2.45. The summed E-state index contributed by atoms with van der Waals surface area (Å²) in [6.07, 6.45) is 1.43. The molecule has 0 spiro atoms. The summed E-state index contributed by atoms with van der Waals surface area (Å²) in [5, 5.41) is 0. The smallest absolute Gasteiger partial charge is 0.240 e. The van der Waals surface area contributed by atoms with Gasteiger partial charge in [-0.2, -0.15) is 0 Å². The number of nitrogens with one attached hydrogen (secondary N) is 1. The maximum atomic E-state index is 12.2. The molecular weight excluding hydrogens is 312 g/mol. The lowest BCUT2D eigenvalue weighted by Gasteiger charge is -2.26. The number of halogens is 1. The fourth-order valence-corrected chi connectivity index (χ4v) is 2.89. The molecule has 0 atom stereocenters. The van der Waals surface area contributed by atoms with E-state index in [1.54, 1.807) is 18.2 Å². The minimum absolute atomic E-state index is 0.